The molecule has 1 unspecified atom stereocenters. The zero-order chi connectivity index (χ0) is 15.7. The van der Waals surface area contributed by atoms with Gasteiger partial charge in [-0.25, -0.2) is 8.42 Å². The SMILES string of the molecule is C=CC(N)n1cc(S(=O)(=O)c2ccccc2)c2ccccc21. The van der Waals surface area contributed by atoms with Gasteiger partial charge in [0, 0.05) is 11.6 Å². The lowest BCUT2D eigenvalue weighted by atomic mass is 10.2. The van der Waals surface area contributed by atoms with E-state index in [0.29, 0.717) is 5.39 Å². The van der Waals surface area contributed by atoms with Gasteiger partial charge in [0.15, 0.2) is 0 Å². The van der Waals surface area contributed by atoms with E-state index in [9.17, 15) is 8.42 Å². The third kappa shape index (κ3) is 2.24. The van der Waals surface area contributed by atoms with Crippen LogP contribution in [0.2, 0.25) is 0 Å². The molecule has 0 spiro atoms. The number of aromatic nitrogens is 1. The second-order valence-electron chi connectivity index (χ2n) is 4.96. The predicted molar refractivity (Wildman–Crippen MR) is 87.3 cm³/mol. The Kier molecular flexibility index (Phi) is 3.60. The standard InChI is InChI=1S/C17H16N2O2S/c1-2-17(18)19-12-16(14-10-6-7-11-15(14)19)22(20,21)13-8-4-3-5-9-13/h2-12,17H,1,18H2. The largest absolute Gasteiger partial charge is 0.327 e. The molecule has 0 aliphatic carbocycles. The van der Waals surface area contributed by atoms with Gasteiger partial charge in [-0.15, -0.1) is 0 Å². The molecular weight excluding hydrogens is 296 g/mol. The maximum Gasteiger partial charge on any atom is 0.208 e. The summed E-state index contributed by atoms with van der Waals surface area (Å²) in [6, 6.07) is 15.7. The quantitative estimate of drug-likeness (QED) is 0.753. The summed E-state index contributed by atoms with van der Waals surface area (Å²) in [5, 5.41) is 0.656. The molecule has 112 valence electrons. The first-order chi connectivity index (χ1) is 10.6. The van der Waals surface area contributed by atoms with E-state index >= 15 is 0 Å². The van der Waals surface area contributed by atoms with Gasteiger partial charge in [-0.2, -0.15) is 0 Å². The van der Waals surface area contributed by atoms with Crippen LogP contribution in [0.15, 0.2) is 83.2 Å². The summed E-state index contributed by atoms with van der Waals surface area (Å²) in [5.74, 6) is 0. The van der Waals surface area contributed by atoms with Gasteiger partial charge in [0.25, 0.3) is 0 Å². The molecule has 5 heteroatoms. The van der Waals surface area contributed by atoms with Crippen LogP contribution in [0, 0.1) is 0 Å². The number of rotatable bonds is 4. The fourth-order valence-electron chi connectivity index (χ4n) is 2.47. The molecule has 22 heavy (non-hydrogen) atoms. The highest BCUT2D eigenvalue weighted by Crippen LogP contribution is 2.31. The Bertz CT molecular complexity index is 928. The second-order valence-corrected chi connectivity index (χ2v) is 6.88. The molecular formula is C17H16N2O2S. The van der Waals surface area contributed by atoms with E-state index in [-0.39, 0.29) is 9.79 Å². The number of hydrogen-bond donors (Lipinski definition) is 1. The van der Waals surface area contributed by atoms with Gasteiger partial charge in [0.1, 0.15) is 6.17 Å². The molecule has 0 aliphatic rings. The highest BCUT2D eigenvalue weighted by Gasteiger charge is 2.23. The summed E-state index contributed by atoms with van der Waals surface area (Å²) in [5.41, 5.74) is 6.77. The monoisotopic (exact) mass is 312 g/mol. The average Bonchev–Trinajstić information content (AvgIpc) is 2.95. The van der Waals surface area contributed by atoms with E-state index in [4.69, 9.17) is 5.73 Å². The number of hydrogen-bond acceptors (Lipinski definition) is 3. The summed E-state index contributed by atoms with van der Waals surface area (Å²) in [6.07, 6.45) is 2.68. The topological polar surface area (TPSA) is 65.1 Å². The van der Waals surface area contributed by atoms with Gasteiger partial charge in [-0.05, 0) is 18.2 Å². The molecule has 0 saturated heterocycles. The van der Waals surface area contributed by atoms with Crippen molar-refractivity contribution >= 4 is 20.7 Å². The van der Waals surface area contributed by atoms with Gasteiger partial charge >= 0.3 is 0 Å². The van der Waals surface area contributed by atoms with E-state index in [0.717, 1.165) is 5.52 Å². The predicted octanol–water partition coefficient (Wildman–Crippen LogP) is 3.12. The highest BCUT2D eigenvalue weighted by molar-refractivity contribution is 7.91. The lowest BCUT2D eigenvalue weighted by Crippen LogP contribution is -2.14. The molecule has 2 N–H and O–H groups in total. The molecule has 0 amide bonds. The van der Waals surface area contributed by atoms with Gasteiger partial charge in [-0.3, -0.25) is 0 Å². The first kappa shape index (κ1) is 14.6. The van der Waals surface area contributed by atoms with Crippen molar-refractivity contribution < 1.29 is 8.42 Å². The van der Waals surface area contributed by atoms with Gasteiger partial charge in [-0.1, -0.05) is 49.1 Å². The molecule has 0 fully saturated rings. The van der Waals surface area contributed by atoms with Crippen LogP contribution < -0.4 is 5.73 Å². The van der Waals surface area contributed by atoms with Crippen LogP contribution in [0.5, 0.6) is 0 Å². The first-order valence-electron chi connectivity index (χ1n) is 6.83. The molecule has 1 atom stereocenters. The summed E-state index contributed by atoms with van der Waals surface area (Å²) in [4.78, 5) is 0.525. The minimum Gasteiger partial charge on any atom is -0.327 e. The van der Waals surface area contributed by atoms with Crippen LogP contribution >= 0.6 is 0 Å². The molecule has 0 radical (unpaired) electrons. The third-order valence-corrected chi connectivity index (χ3v) is 5.41. The van der Waals surface area contributed by atoms with Crippen molar-refractivity contribution in [2.75, 3.05) is 0 Å². The minimum absolute atomic E-state index is 0.256. The molecule has 0 saturated carbocycles. The molecule has 0 aliphatic heterocycles. The molecule has 4 nitrogen and oxygen atoms in total. The van der Waals surface area contributed by atoms with Crippen molar-refractivity contribution in [3.05, 3.63) is 73.4 Å². The first-order valence-corrected chi connectivity index (χ1v) is 8.32. The summed E-state index contributed by atoms with van der Waals surface area (Å²) >= 11 is 0. The number of sulfone groups is 1. The van der Waals surface area contributed by atoms with Crippen LogP contribution in [0.1, 0.15) is 6.17 Å². The van der Waals surface area contributed by atoms with Crippen molar-refractivity contribution in [3.63, 3.8) is 0 Å². The molecule has 1 heterocycles. The number of nitrogens with zero attached hydrogens (tertiary/aromatic N) is 1. The Morgan fingerprint density at radius 3 is 2.36 bits per heavy atom. The van der Waals surface area contributed by atoms with E-state index in [1.54, 1.807) is 53.2 Å². The summed E-state index contributed by atoms with van der Waals surface area (Å²) in [6.45, 7) is 3.68. The lowest BCUT2D eigenvalue weighted by Gasteiger charge is -2.09. The fourth-order valence-corrected chi connectivity index (χ4v) is 3.96. The van der Waals surface area contributed by atoms with Crippen molar-refractivity contribution in [3.8, 4) is 0 Å². The zero-order valence-electron chi connectivity index (χ0n) is 11.9. The van der Waals surface area contributed by atoms with Crippen molar-refractivity contribution in [2.24, 2.45) is 5.73 Å². The molecule has 3 aromatic rings. The van der Waals surface area contributed by atoms with Crippen LogP contribution in [-0.2, 0) is 9.84 Å². The number of para-hydroxylation sites is 1. The van der Waals surface area contributed by atoms with Crippen molar-refractivity contribution in [2.45, 2.75) is 16.0 Å². The molecule has 1 aromatic heterocycles. The normalized spacial score (nSPS) is 13.1. The Morgan fingerprint density at radius 2 is 1.68 bits per heavy atom. The van der Waals surface area contributed by atoms with Crippen LogP contribution in [0.3, 0.4) is 0 Å². The van der Waals surface area contributed by atoms with E-state index in [1.165, 1.54) is 0 Å². The zero-order valence-corrected chi connectivity index (χ0v) is 12.7. The smallest absolute Gasteiger partial charge is 0.208 e. The fraction of sp³-hybridized carbons (Fsp3) is 0.0588. The van der Waals surface area contributed by atoms with E-state index in [1.807, 2.05) is 18.2 Å². The maximum absolute atomic E-state index is 12.9. The van der Waals surface area contributed by atoms with E-state index in [2.05, 4.69) is 6.58 Å². The molecule has 0 bridgehead atoms. The number of nitrogens with two attached hydrogens (primary N) is 1. The lowest BCUT2D eigenvalue weighted by molar-refractivity contribution is 0.595. The third-order valence-electron chi connectivity index (χ3n) is 3.61. The average molecular weight is 312 g/mol. The van der Waals surface area contributed by atoms with E-state index < -0.39 is 16.0 Å². The Morgan fingerprint density at radius 1 is 1.05 bits per heavy atom. The van der Waals surface area contributed by atoms with Gasteiger partial charge < -0.3 is 10.3 Å². The Labute approximate surface area is 129 Å². The van der Waals surface area contributed by atoms with Crippen LogP contribution in [-0.4, -0.2) is 13.0 Å². The minimum atomic E-state index is -3.60. The Balaban J connectivity index is 2.30. The number of fused-ring (bicyclic) bond motifs is 1. The molecule has 3 rings (SSSR count). The van der Waals surface area contributed by atoms with Gasteiger partial charge in [0.2, 0.25) is 9.84 Å². The molecule has 2 aromatic carbocycles. The van der Waals surface area contributed by atoms with Crippen molar-refractivity contribution in [1.29, 1.82) is 0 Å². The van der Waals surface area contributed by atoms with Crippen LogP contribution in [0.4, 0.5) is 0 Å². The highest BCUT2D eigenvalue weighted by atomic mass is 32.2. The number of benzene rings is 2. The Hall–Kier alpha value is -2.37. The van der Waals surface area contributed by atoms with Crippen molar-refractivity contribution in [1.82, 2.24) is 4.57 Å². The summed E-state index contributed by atoms with van der Waals surface area (Å²) < 4.78 is 27.5. The summed E-state index contributed by atoms with van der Waals surface area (Å²) in [7, 11) is -3.60. The van der Waals surface area contributed by atoms with Gasteiger partial charge in [0.05, 0.1) is 15.3 Å². The van der Waals surface area contributed by atoms with Crippen LogP contribution in [0.25, 0.3) is 10.9 Å². The second kappa shape index (κ2) is 5.44. The maximum atomic E-state index is 12.9.